The van der Waals surface area contributed by atoms with Crippen LogP contribution in [0.15, 0.2) is 0 Å². The van der Waals surface area contributed by atoms with Crippen LogP contribution in [-0.2, 0) is 4.79 Å². The van der Waals surface area contributed by atoms with E-state index in [-0.39, 0.29) is 0 Å². The predicted octanol–water partition coefficient (Wildman–Crippen LogP) is 1.73. The van der Waals surface area contributed by atoms with E-state index in [9.17, 15) is 4.79 Å². The molecule has 4 rings (SSSR count). The van der Waals surface area contributed by atoms with Crippen molar-refractivity contribution in [2.75, 3.05) is 32.7 Å². The van der Waals surface area contributed by atoms with Crippen LogP contribution in [0, 0.1) is 17.3 Å². The van der Waals surface area contributed by atoms with Gasteiger partial charge in [-0.15, -0.1) is 0 Å². The molecule has 4 fully saturated rings. The lowest BCUT2D eigenvalue weighted by molar-refractivity contribution is -0.150. The topological polar surface area (TPSA) is 23.6 Å². The van der Waals surface area contributed by atoms with Crippen LogP contribution in [0.1, 0.15) is 38.5 Å². The summed E-state index contributed by atoms with van der Waals surface area (Å²) in [5.41, 5.74) is 0.494. The van der Waals surface area contributed by atoms with Gasteiger partial charge in [0, 0.05) is 37.5 Å². The van der Waals surface area contributed by atoms with Gasteiger partial charge in [0.05, 0.1) is 0 Å². The molecule has 2 aliphatic carbocycles. The van der Waals surface area contributed by atoms with Gasteiger partial charge in [0.25, 0.3) is 0 Å². The highest BCUT2D eigenvalue weighted by atomic mass is 16.2. The summed E-state index contributed by atoms with van der Waals surface area (Å²) in [5.74, 6) is 1.87. The van der Waals surface area contributed by atoms with E-state index < -0.39 is 0 Å². The zero-order chi connectivity index (χ0) is 12.2. The van der Waals surface area contributed by atoms with E-state index in [0.29, 0.717) is 17.2 Å². The van der Waals surface area contributed by atoms with Crippen molar-refractivity contribution >= 4 is 5.91 Å². The third-order valence-electron chi connectivity index (χ3n) is 5.55. The quantitative estimate of drug-likeness (QED) is 0.759. The van der Waals surface area contributed by atoms with E-state index in [0.717, 1.165) is 31.8 Å². The van der Waals surface area contributed by atoms with Gasteiger partial charge in [0.1, 0.15) is 0 Å². The fourth-order valence-electron chi connectivity index (χ4n) is 3.94. The maximum absolute atomic E-state index is 12.1. The van der Waals surface area contributed by atoms with Crippen LogP contribution >= 0.6 is 0 Å². The first-order chi connectivity index (χ1) is 8.74. The first-order valence-corrected chi connectivity index (χ1v) is 7.75. The Hall–Kier alpha value is -0.570. The maximum atomic E-state index is 12.1. The number of nitrogens with zero attached hydrogens (tertiary/aromatic N) is 2. The van der Waals surface area contributed by atoms with Crippen LogP contribution < -0.4 is 0 Å². The Kier molecular flexibility index (Phi) is 2.48. The second-order valence-corrected chi connectivity index (χ2v) is 7.25. The lowest BCUT2D eigenvalue weighted by atomic mass is 9.76. The minimum atomic E-state index is 0.395. The fraction of sp³-hybridized carbons (Fsp3) is 0.933. The van der Waals surface area contributed by atoms with Crippen molar-refractivity contribution in [3.63, 3.8) is 0 Å². The van der Waals surface area contributed by atoms with E-state index in [4.69, 9.17) is 0 Å². The van der Waals surface area contributed by atoms with Crippen molar-refractivity contribution in [1.29, 1.82) is 0 Å². The second-order valence-electron chi connectivity index (χ2n) is 7.25. The molecule has 1 spiro atoms. The Morgan fingerprint density at radius 1 is 1.11 bits per heavy atom. The number of carbonyl (C=O) groups excluding carboxylic acids is 1. The molecule has 0 atom stereocenters. The van der Waals surface area contributed by atoms with Crippen LogP contribution in [0.5, 0.6) is 0 Å². The van der Waals surface area contributed by atoms with E-state index in [1.54, 1.807) is 0 Å². The number of rotatable bonds is 3. The molecule has 0 unspecified atom stereocenters. The first-order valence-electron chi connectivity index (χ1n) is 7.75. The molecule has 3 nitrogen and oxygen atoms in total. The van der Waals surface area contributed by atoms with Crippen LogP contribution in [0.25, 0.3) is 0 Å². The molecule has 0 bridgehead atoms. The molecule has 0 aromatic heterocycles. The van der Waals surface area contributed by atoms with Gasteiger partial charge in [0.15, 0.2) is 0 Å². The summed E-state index contributed by atoms with van der Waals surface area (Å²) in [5, 5.41) is 0. The summed E-state index contributed by atoms with van der Waals surface area (Å²) in [6, 6.07) is 0. The Balaban J connectivity index is 1.28. The Labute approximate surface area is 110 Å². The molecule has 2 saturated carbocycles. The Morgan fingerprint density at radius 3 is 2.50 bits per heavy atom. The molecule has 0 aromatic rings. The van der Waals surface area contributed by atoms with Crippen LogP contribution in [0.4, 0.5) is 0 Å². The summed E-state index contributed by atoms with van der Waals surface area (Å²) in [6.07, 6.45) is 7.80. The monoisotopic (exact) mass is 248 g/mol. The van der Waals surface area contributed by atoms with Gasteiger partial charge in [-0.1, -0.05) is 6.42 Å². The lowest BCUT2D eigenvalue weighted by Gasteiger charge is -2.50. The minimum absolute atomic E-state index is 0.395. The summed E-state index contributed by atoms with van der Waals surface area (Å²) < 4.78 is 0. The SMILES string of the molecule is O=C(C1CCC1)N1CC2(CCN(CC3CC3)C2)C1. The van der Waals surface area contributed by atoms with Crippen molar-refractivity contribution in [3.05, 3.63) is 0 Å². The number of hydrogen-bond donors (Lipinski definition) is 0. The second kappa shape index (κ2) is 3.96. The molecule has 2 saturated heterocycles. The highest BCUT2D eigenvalue weighted by Crippen LogP contribution is 2.43. The molecule has 0 aromatic carbocycles. The molecule has 2 heterocycles. The summed E-state index contributed by atoms with van der Waals surface area (Å²) in [6.45, 7) is 5.99. The van der Waals surface area contributed by atoms with Gasteiger partial charge in [-0.05, 0) is 44.6 Å². The fourth-order valence-corrected chi connectivity index (χ4v) is 3.94. The number of hydrogen-bond acceptors (Lipinski definition) is 2. The molecule has 1 amide bonds. The minimum Gasteiger partial charge on any atom is -0.341 e. The molecule has 4 aliphatic rings. The molecule has 18 heavy (non-hydrogen) atoms. The average molecular weight is 248 g/mol. The summed E-state index contributed by atoms with van der Waals surface area (Å²) in [4.78, 5) is 16.9. The van der Waals surface area contributed by atoms with Crippen LogP contribution in [-0.4, -0.2) is 48.4 Å². The summed E-state index contributed by atoms with van der Waals surface area (Å²) in [7, 11) is 0. The lowest BCUT2D eigenvalue weighted by Crippen LogP contribution is -2.61. The van der Waals surface area contributed by atoms with Crippen molar-refractivity contribution in [3.8, 4) is 0 Å². The van der Waals surface area contributed by atoms with Gasteiger partial charge in [0.2, 0.25) is 5.91 Å². The van der Waals surface area contributed by atoms with E-state index in [1.165, 1.54) is 45.3 Å². The smallest absolute Gasteiger partial charge is 0.225 e. The molecular weight excluding hydrogens is 224 g/mol. The maximum Gasteiger partial charge on any atom is 0.225 e. The summed E-state index contributed by atoms with van der Waals surface area (Å²) >= 11 is 0. The largest absolute Gasteiger partial charge is 0.341 e. The van der Waals surface area contributed by atoms with Crippen molar-refractivity contribution in [1.82, 2.24) is 9.80 Å². The average Bonchev–Trinajstić information content (AvgIpc) is 2.90. The van der Waals surface area contributed by atoms with E-state index in [2.05, 4.69) is 9.80 Å². The standard InChI is InChI=1S/C15H24N2O/c18-14(13-2-1-3-13)17-10-15(11-17)6-7-16(9-15)8-12-4-5-12/h12-13H,1-11H2. The van der Waals surface area contributed by atoms with Gasteiger partial charge >= 0.3 is 0 Å². The van der Waals surface area contributed by atoms with Crippen molar-refractivity contribution in [2.45, 2.75) is 38.5 Å². The Morgan fingerprint density at radius 2 is 1.89 bits per heavy atom. The van der Waals surface area contributed by atoms with Gasteiger partial charge in [-0.3, -0.25) is 4.79 Å². The third kappa shape index (κ3) is 1.87. The molecule has 0 N–H and O–H groups in total. The first kappa shape index (κ1) is 11.3. The van der Waals surface area contributed by atoms with Crippen molar-refractivity contribution in [2.24, 2.45) is 17.3 Å². The highest BCUT2D eigenvalue weighted by molar-refractivity contribution is 5.80. The van der Waals surface area contributed by atoms with Gasteiger partial charge in [-0.25, -0.2) is 0 Å². The van der Waals surface area contributed by atoms with Gasteiger partial charge < -0.3 is 9.80 Å². The van der Waals surface area contributed by atoms with E-state index in [1.807, 2.05) is 0 Å². The zero-order valence-corrected chi connectivity index (χ0v) is 11.2. The number of likely N-dealkylation sites (tertiary alicyclic amines) is 2. The molecular formula is C15H24N2O. The molecule has 2 aliphatic heterocycles. The van der Waals surface area contributed by atoms with Crippen LogP contribution in [0.2, 0.25) is 0 Å². The Bertz CT molecular complexity index is 354. The molecule has 100 valence electrons. The predicted molar refractivity (Wildman–Crippen MR) is 70.1 cm³/mol. The van der Waals surface area contributed by atoms with Gasteiger partial charge in [-0.2, -0.15) is 0 Å². The number of amides is 1. The van der Waals surface area contributed by atoms with E-state index >= 15 is 0 Å². The molecule has 0 radical (unpaired) electrons. The number of carbonyl (C=O) groups is 1. The van der Waals surface area contributed by atoms with Crippen LogP contribution in [0.3, 0.4) is 0 Å². The highest BCUT2D eigenvalue weighted by Gasteiger charge is 2.50. The normalized spacial score (nSPS) is 31.4. The molecule has 3 heteroatoms. The zero-order valence-electron chi connectivity index (χ0n) is 11.2. The van der Waals surface area contributed by atoms with Crippen molar-refractivity contribution < 1.29 is 4.79 Å². The third-order valence-corrected chi connectivity index (χ3v) is 5.55.